The zero-order chi connectivity index (χ0) is 19.9. The lowest BCUT2D eigenvalue weighted by molar-refractivity contribution is -0.122. The van der Waals surface area contributed by atoms with Crippen molar-refractivity contribution in [2.24, 2.45) is 0 Å². The summed E-state index contributed by atoms with van der Waals surface area (Å²) in [7, 11) is 0. The van der Waals surface area contributed by atoms with Gasteiger partial charge in [-0.3, -0.25) is 19.5 Å². The van der Waals surface area contributed by atoms with Gasteiger partial charge in [-0.05, 0) is 43.3 Å². The summed E-state index contributed by atoms with van der Waals surface area (Å²) in [6, 6.07) is 13.7. The van der Waals surface area contributed by atoms with Crippen LogP contribution >= 0.6 is 0 Å². The molecule has 1 heterocycles. The van der Waals surface area contributed by atoms with Gasteiger partial charge >= 0.3 is 0 Å². The van der Waals surface area contributed by atoms with Gasteiger partial charge in [0.2, 0.25) is 5.91 Å². The van der Waals surface area contributed by atoms with E-state index in [0.29, 0.717) is 17.7 Å². The SMILES string of the molecule is CCOc1ccc(OCCNC(=O)Cn2[nH]c(=O)c3ccccc3c2=O)cc1. The van der Waals surface area contributed by atoms with Crippen LogP contribution in [-0.2, 0) is 11.3 Å². The molecule has 0 radical (unpaired) electrons. The largest absolute Gasteiger partial charge is 0.494 e. The molecule has 8 nitrogen and oxygen atoms in total. The highest BCUT2D eigenvalue weighted by atomic mass is 16.5. The molecule has 2 N–H and O–H groups in total. The summed E-state index contributed by atoms with van der Waals surface area (Å²) in [5.41, 5.74) is -0.835. The first-order valence-corrected chi connectivity index (χ1v) is 8.92. The van der Waals surface area contributed by atoms with Crippen molar-refractivity contribution in [3.05, 3.63) is 69.2 Å². The van der Waals surface area contributed by atoms with Crippen molar-refractivity contribution in [1.82, 2.24) is 15.1 Å². The van der Waals surface area contributed by atoms with E-state index in [-0.39, 0.29) is 25.1 Å². The Balaban J connectivity index is 1.52. The van der Waals surface area contributed by atoms with Crippen molar-refractivity contribution in [3.63, 3.8) is 0 Å². The number of amides is 1. The molecule has 146 valence electrons. The van der Waals surface area contributed by atoms with Crippen molar-refractivity contribution < 1.29 is 14.3 Å². The minimum atomic E-state index is -0.420. The van der Waals surface area contributed by atoms with Crippen molar-refractivity contribution in [3.8, 4) is 11.5 Å². The molecule has 0 bridgehead atoms. The van der Waals surface area contributed by atoms with E-state index in [4.69, 9.17) is 9.47 Å². The molecule has 0 aliphatic rings. The number of H-pyrrole nitrogens is 1. The summed E-state index contributed by atoms with van der Waals surface area (Å²) in [6.07, 6.45) is 0. The van der Waals surface area contributed by atoms with Gasteiger partial charge in [0.1, 0.15) is 24.7 Å². The van der Waals surface area contributed by atoms with E-state index in [1.807, 2.05) is 6.92 Å². The van der Waals surface area contributed by atoms with Crippen molar-refractivity contribution in [2.75, 3.05) is 19.8 Å². The number of aromatic nitrogens is 2. The van der Waals surface area contributed by atoms with E-state index in [1.54, 1.807) is 48.5 Å². The number of nitrogens with one attached hydrogen (secondary N) is 2. The maximum absolute atomic E-state index is 12.4. The molecule has 3 rings (SSSR count). The van der Waals surface area contributed by atoms with Gasteiger partial charge in [-0.15, -0.1) is 0 Å². The Morgan fingerprint density at radius 2 is 1.64 bits per heavy atom. The van der Waals surface area contributed by atoms with Gasteiger partial charge in [-0.25, -0.2) is 4.68 Å². The minimum absolute atomic E-state index is 0.263. The normalized spacial score (nSPS) is 10.6. The van der Waals surface area contributed by atoms with E-state index in [2.05, 4.69) is 10.4 Å². The van der Waals surface area contributed by atoms with E-state index in [1.165, 1.54) is 0 Å². The number of carbonyl (C=O) groups excluding carboxylic acids is 1. The first kappa shape index (κ1) is 19.2. The van der Waals surface area contributed by atoms with Gasteiger partial charge in [-0.2, -0.15) is 0 Å². The molecule has 0 saturated heterocycles. The summed E-state index contributed by atoms with van der Waals surface area (Å²) >= 11 is 0. The van der Waals surface area contributed by atoms with Crippen molar-refractivity contribution in [1.29, 1.82) is 0 Å². The van der Waals surface area contributed by atoms with E-state index >= 15 is 0 Å². The average Bonchev–Trinajstić information content (AvgIpc) is 2.71. The van der Waals surface area contributed by atoms with Crippen LogP contribution in [0.3, 0.4) is 0 Å². The maximum Gasteiger partial charge on any atom is 0.273 e. The zero-order valence-corrected chi connectivity index (χ0v) is 15.4. The Hall–Kier alpha value is -3.55. The molecular formula is C20H21N3O5. The van der Waals surface area contributed by atoms with Gasteiger partial charge in [0, 0.05) is 0 Å². The Labute approximate surface area is 160 Å². The third-order valence-electron chi connectivity index (χ3n) is 4.01. The first-order chi connectivity index (χ1) is 13.6. The van der Waals surface area contributed by atoms with Crippen LogP contribution < -0.4 is 25.9 Å². The van der Waals surface area contributed by atoms with Crippen LogP contribution in [0, 0.1) is 0 Å². The van der Waals surface area contributed by atoms with Crippen LogP contribution in [0.1, 0.15) is 6.92 Å². The number of benzene rings is 2. The smallest absolute Gasteiger partial charge is 0.273 e. The summed E-state index contributed by atoms with van der Waals surface area (Å²) in [4.78, 5) is 36.5. The van der Waals surface area contributed by atoms with Crippen LogP contribution in [0.15, 0.2) is 58.1 Å². The summed E-state index contributed by atoms with van der Waals surface area (Å²) in [5.74, 6) is 1.02. The maximum atomic E-state index is 12.4. The summed E-state index contributed by atoms with van der Waals surface area (Å²) in [6.45, 7) is 2.76. The Morgan fingerprint density at radius 3 is 2.32 bits per heavy atom. The molecule has 0 unspecified atom stereocenters. The fourth-order valence-electron chi connectivity index (χ4n) is 2.72. The fourth-order valence-corrected chi connectivity index (χ4v) is 2.72. The second-order valence-corrected chi connectivity index (χ2v) is 5.98. The molecular weight excluding hydrogens is 362 g/mol. The predicted octanol–water partition coefficient (Wildman–Crippen LogP) is 1.28. The molecule has 1 aromatic heterocycles. The average molecular weight is 383 g/mol. The van der Waals surface area contributed by atoms with Crippen LogP contribution in [0.5, 0.6) is 11.5 Å². The lowest BCUT2D eigenvalue weighted by Crippen LogP contribution is -2.37. The number of rotatable bonds is 8. The van der Waals surface area contributed by atoms with Gasteiger partial charge in [-0.1, -0.05) is 12.1 Å². The number of aromatic amines is 1. The van der Waals surface area contributed by atoms with Gasteiger partial charge in [0.25, 0.3) is 11.1 Å². The Bertz CT molecular complexity index is 1070. The monoisotopic (exact) mass is 383 g/mol. The zero-order valence-electron chi connectivity index (χ0n) is 15.4. The third-order valence-corrected chi connectivity index (χ3v) is 4.01. The highest BCUT2D eigenvalue weighted by molar-refractivity contribution is 5.81. The molecule has 28 heavy (non-hydrogen) atoms. The molecule has 1 amide bonds. The molecule has 0 atom stereocenters. The number of hydrogen-bond donors (Lipinski definition) is 2. The summed E-state index contributed by atoms with van der Waals surface area (Å²) < 4.78 is 11.9. The van der Waals surface area contributed by atoms with Crippen LogP contribution in [0.2, 0.25) is 0 Å². The highest BCUT2D eigenvalue weighted by Crippen LogP contribution is 2.17. The molecule has 8 heteroatoms. The van der Waals surface area contributed by atoms with Crippen LogP contribution in [-0.4, -0.2) is 35.4 Å². The van der Waals surface area contributed by atoms with Crippen LogP contribution in [0.4, 0.5) is 0 Å². The highest BCUT2D eigenvalue weighted by Gasteiger charge is 2.09. The number of nitrogens with zero attached hydrogens (tertiary/aromatic N) is 1. The van der Waals surface area contributed by atoms with E-state index in [0.717, 1.165) is 10.4 Å². The number of fused-ring (bicyclic) bond motifs is 1. The second kappa shape index (κ2) is 8.90. The summed E-state index contributed by atoms with van der Waals surface area (Å²) in [5, 5.41) is 5.66. The lowest BCUT2D eigenvalue weighted by atomic mass is 10.2. The van der Waals surface area contributed by atoms with Gasteiger partial charge < -0.3 is 14.8 Å². The minimum Gasteiger partial charge on any atom is -0.494 e. The molecule has 2 aromatic carbocycles. The molecule has 3 aromatic rings. The Morgan fingerprint density at radius 1 is 1.00 bits per heavy atom. The molecule has 0 fully saturated rings. The van der Waals surface area contributed by atoms with Crippen LogP contribution in [0.25, 0.3) is 10.8 Å². The lowest BCUT2D eigenvalue weighted by Gasteiger charge is -2.10. The molecule has 0 saturated carbocycles. The van der Waals surface area contributed by atoms with Crippen molar-refractivity contribution in [2.45, 2.75) is 13.5 Å². The predicted molar refractivity (Wildman–Crippen MR) is 105 cm³/mol. The topological polar surface area (TPSA) is 102 Å². The number of carbonyl (C=O) groups is 1. The molecule has 0 aliphatic heterocycles. The van der Waals surface area contributed by atoms with Gasteiger partial charge in [0.05, 0.1) is 23.9 Å². The van der Waals surface area contributed by atoms with Gasteiger partial charge in [0.15, 0.2) is 0 Å². The second-order valence-electron chi connectivity index (χ2n) is 5.98. The first-order valence-electron chi connectivity index (χ1n) is 8.92. The van der Waals surface area contributed by atoms with Crippen molar-refractivity contribution >= 4 is 16.7 Å². The Kier molecular flexibility index (Phi) is 6.11. The molecule has 0 spiro atoms. The third kappa shape index (κ3) is 4.59. The fraction of sp³-hybridized carbons (Fsp3) is 0.250. The standard InChI is InChI=1S/C20H21N3O5/c1-2-27-14-7-9-15(10-8-14)28-12-11-21-18(24)13-23-20(26)17-6-4-3-5-16(17)19(25)22-23/h3-10H,2,11-13H2,1H3,(H,21,24)(H,22,25). The number of ether oxygens (including phenoxy) is 2. The van der Waals surface area contributed by atoms with E-state index < -0.39 is 17.0 Å². The quantitative estimate of drug-likeness (QED) is 0.571. The number of hydrogen-bond acceptors (Lipinski definition) is 5. The van der Waals surface area contributed by atoms with E-state index in [9.17, 15) is 14.4 Å². The molecule has 0 aliphatic carbocycles.